The number of hydrogen-bond acceptors (Lipinski definition) is 3. The number of likely N-dealkylation sites (N-methyl/N-ethyl adjacent to an activating group) is 1. The number of piperazine rings is 1. The second-order valence-corrected chi connectivity index (χ2v) is 8.43. The van der Waals surface area contributed by atoms with Crippen LogP contribution in [0.1, 0.15) is 34.6 Å². The monoisotopic (exact) mass is 331 g/mol. The highest BCUT2D eigenvalue weighted by Crippen LogP contribution is 2.34. The standard InChI is InChI=1S/C18H25N3OS/c1-13-10-15-17(23-13)11-16(21(15)12-14-4-3-5-14)18(22)20-8-6-19(2)7-9-20/h10-11,14H,3-9,12H2,1-2H3. The summed E-state index contributed by atoms with van der Waals surface area (Å²) in [6.07, 6.45) is 3.97. The highest BCUT2D eigenvalue weighted by atomic mass is 32.1. The second-order valence-electron chi connectivity index (χ2n) is 7.14. The molecule has 2 fully saturated rings. The Balaban J connectivity index is 1.65. The van der Waals surface area contributed by atoms with Crippen LogP contribution in [0.5, 0.6) is 0 Å². The molecule has 1 saturated carbocycles. The van der Waals surface area contributed by atoms with Crippen molar-refractivity contribution >= 4 is 27.5 Å². The van der Waals surface area contributed by atoms with Crippen LogP contribution in [0.15, 0.2) is 12.1 Å². The summed E-state index contributed by atoms with van der Waals surface area (Å²) in [5.41, 5.74) is 2.17. The summed E-state index contributed by atoms with van der Waals surface area (Å²) in [7, 11) is 2.12. The third-order valence-electron chi connectivity index (χ3n) is 5.39. The topological polar surface area (TPSA) is 28.5 Å². The SMILES string of the molecule is Cc1cc2c(cc(C(=O)N3CCN(C)CC3)n2CC2CCC2)s1. The van der Waals surface area contributed by atoms with Gasteiger partial charge in [0.1, 0.15) is 5.69 Å². The minimum atomic E-state index is 0.221. The molecule has 0 aromatic carbocycles. The molecule has 0 N–H and O–H groups in total. The lowest BCUT2D eigenvalue weighted by Crippen LogP contribution is -2.47. The summed E-state index contributed by atoms with van der Waals surface area (Å²) < 4.78 is 3.57. The molecule has 1 saturated heterocycles. The molecule has 23 heavy (non-hydrogen) atoms. The molecule has 0 unspecified atom stereocenters. The number of fused-ring (bicyclic) bond motifs is 1. The molecule has 1 amide bonds. The molecule has 0 radical (unpaired) electrons. The van der Waals surface area contributed by atoms with Gasteiger partial charge < -0.3 is 14.4 Å². The zero-order chi connectivity index (χ0) is 16.0. The summed E-state index contributed by atoms with van der Waals surface area (Å²) in [5.74, 6) is 0.975. The molecule has 1 aliphatic carbocycles. The zero-order valence-electron chi connectivity index (χ0n) is 14.0. The van der Waals surface area contributed by atoms with E-state index in [9.17, 15) is 4.79 Å². The van der Waals surface area contributed by atoms with Crippen molar-refractivity contribution in [2.75, 3.05) is 33.2 Å². The van der Waals surface area contributed by atoms with Crippen molar-refractivity contribution in [2.24, 2.45) is 5.92 Å². The highest BCUT2D eigenvalue weighted by molar-refractivity contribution is 7.19. The van der Waals surface area contributed by atoms with E-state index in [0.717, 1.165) is 44.3 Å². The fourth-order valence-corrected chi connectivity index (χ4v) is 4.61. The molecule has 0 bridgehead atoms. The Bertz CT molecular complexity index is 720. The Labute approximate surface area is 141 Å². The molecule has 2 aromatic rings. The maximum atomic E-state index is 13.1. The van der Waals surface area contributed by atoms with Crippen molar-refractivity contribution in [3.8, 4) is 0 Å². The number of carbonyl (C=O) groups excluding carboxylic acids is 1. The summed E-state index contributed by atoms with van der Waals surface area (Å²) >= 11 is 1.80. The maximum absolute atomic E-state index is 13.1. The smallest absolute Gasteiger partial charge is 0.270 e. The Morgan fingerprint density at radius 3 is 2.61 bits per heavy atom. The van der Waals surface area contributed by atoms with Crippen LogP contribution in [-0.4, -0.2) is 53.5 Å². The van der Waals surface area contributed by atoms with Gasteiger partial charge in [-0.2, -0.15) is 0 Å². The first kappa shape index (κ1) is 15.2. The zero-order valence-corrected chi connectivity index (χ0v) is 14.9. The van der Waals surface area contributed by atoms with Gasteiger partial charge >= 0.3 is 0 Å². The van der Waals surface area contributed by atoms with E-state index >= 15 is 0 Å². The van der Waals surface area contributed by atoms with Gasteiger partial charge in [-0.1, -0.05) is 6.42 Å². The number of nitrogens with zero attached hydrogens (tertiary/aromatic N) is 3. The summed E-state index contributed by atoms with van der Waals surface area (Å²) in [6, 6.07) is 4.38. The molecule has 3 heterocycles. The number of hydrogen-bond donors (Lipinski definition) is 0. The average Bonchev–Trinajstić information content (AvgIpc) is 2.99. The van der Waals surface area contributed by atoms with Gasteiger partial charge in [0, 0.05) is 37.6 Å². The first-order chi connectivity index (χ1) is 11.1. The van der Waals surface area contributed by atoms with Crippen LogP contribution in [0, 0.1) is 12.8 Å². The van der Waals surface area contributed by atoms with E-state index in [2.05, 4.69) is 35.6 Å². The summed E-state index contributed by atoms with van der Waals surface area (Å²) in [5, 5.41) is 0. The van der Waals surface area contributed by atoms with Crippen molar-refractivity contribution in [3.63, 3.8) is 0 Å². The molecule has 4 rings (SSSR count). The van der Waals surface area contributed by atoms with Crippen molar-refractivity contribution < 1.29 is 4.79 Å². The lowest BCUT2D eigenvalue weighted by Gasteiger charge is -2.33. The van der Waals surface area contributed by atoms with E-state index in [1.54, 1.807) is 11.3 Å². The Morgan fingerprint density at radius 1 is 1.22 bits per heavy atom. The molecule has 1 aliphatic heterocycles. The van der Waals surface area contributed by atoms with E-state index in [4.69, 9.17) is 0 Å². The summed E-state index contributed by atoms with van der Waals surface area (Å²) in [6.45, 7) is 6.80. The van der Waals surface area contributed by atoms with Crippen LogP contribution >= 0.6 is 11.3 Å². The van der Waals surface area contributed by atoms with Gasteiger partial charge in [-0.3, -0.25) is 4.79 Å². The number of aryl methyl sites for hydroxylation is 1. The molecule has 2 aromatic heterocycles. The van der Waals surface area contributed by atoms with Crippen molar-refractivity contribution in [1.29, 1.82) is 0 Å². The van der Waals surface area contributed by atoms with Gasteiger partial charge in [-0.25, -0.2) is 0 Å². The van der Waals surface area contributed by atoms with Gasteiger partial charge in [-0.05, 0) is 44.9 Å². The van der Waals surface area contributed by atoms with E-state index in [0.29, 0.717) is 0 Å². The summed E-state index contributed by atoms with van der Waals surface area (Å²) in [4.78, 5) is 18.7. The van der Waals surface area contributed by atoms with Gasteiger partial charge in [-0.15, -0.1) is 11.3 Å². The number of thiophene rings is 1. The fourth-order valence-electron chi connectivity index (χ4n) is 3.64. The molecular weight excluding hydrogens is 306 g/mol. The largest absolute Gasteiger partial charge is 0.335 e. The lowest BCUT2D eigenvalue weighted by molar-refractivity contribution is 0.0651. The Morgan fingerprint density at radius 2 is 1.96 bits per heavy atom. The number of aromatic nitrogens is 1. The number of rotatable bonds is 3. The molecule has 5 heteroatoms. The molecule has 0 spiro atoms. The van der Waals surface area contributed by atoms with Gasteiger partial charge in [0.15, 0.2) is 0 Å². The van der Waals surface area contributed by atoms with E-state index < -0.39 is 0 Å². The molecular formula is C18H25N3OS. The van der Waals surface area contributed by atoms with E-state index in [1.807, 2.05) is 4.90 Å². The third-order valence-corrected chi connectivity index (χ3v) is 6.37. The Kier molecular flexibility index (Phi) is 3.93. The third kappa shape index (κ3) is 2.81. The predicted octanol–water partition coefficient (Wildman–Crippen LogP) is 3.20. The maximum Gasteiger partial charge on any atom is 0.270 e. The molecule has 4 nitrogen and oxygen atoms in total. The van der Waals surface area contributed by atoms with Crippen LogP contribution in [0.3, 0.4) is 0 Å². The fraction of sp³-hybridized carbons (Fsp3) is 0.611. The van der Waals surface area contributed by atoms with Gasteiger partial charge in [0.05, 0.1) is 10.2 Å². The van der Waals surface area contributed by atoms with E-state index in [-0.39, 0.29) is 5.91 Å². The second kappa shape index (κ2) is 5.95. The van der Waals surface area contributed by atoms with E-state index in [1.165, 1.54) is 34.4 Å². The van der Waals surface area contributed by atoms with Crippen molar-refractivity contribution in [2.45, 2.75) is 32.7 Å². The predicted molar refractivity (Wildman–Crippen MR) is 95.3 cm³/mol. The molecule has 124 valence electrons. The number of amides is 1. The Hall–Kier alpha value is -1.33. The van der Waals surface area contributed by atoms with Crippen molar-refractivity contribution in [3.05, 3.63) is 22.7 Å². The first-order valence-electron chi connectivity index (χ1n) is 8.69. The number of carbonyl (C=O) groups is 1. The van der Waals surface area contributed by atoms with Crippen LogP contribution in [0.4, 0.5) is 0 Å². The average molecular weight is 331 g/mol. The van der Waals surface area contributed by atoms with Crippen molar-refractivity contribution in [1.82, 2.24) is 14.4 Å². The van der Waals surface area contributed by atoms with Gasteiger partial charge in [0.25, 0.3) is 5.91 Å². The quantitative estimate of drug-likeness (QED) is 0.864. The van der Waals surface area contributed by atoms with Crippen LogP contribution < -0.4 is 0 Å². The molecule has 0 atom stereocenters. The molecule has 2 aliphatic rings. The van der Waals surface area contributed by atoms with Crippen LogP contribution in [-0.2, 0) is 6.54 Å². The highest BCUT2D eigenvalue weighted by Gasteiger charge is 2.27. The van der Waals surface area contributed by atoms with Gasteiger partial charge in [0.2, 0.25) is 0 Å². The minimum Gasteiger partial charge on any atom is -0.335 e. The van der Waals surface area contributed by atoms with Crippen LogP contribution in [0.25, 0.3) is 10.2 Å². The lowest BCUT2D eigenvalue weighted by atomic mass is 9.85. The van der Waals surface area contributed by atoms with Crippen LogP contribution in [0.2, 0.25) is 0 Å². The normalized spacial score (nSPS) is 20.2. The first-order valence-corrected chi connectivity index (χ1v) is 9.51. The minimum absolute atomic E-state index is 0.221.